The van der Waals surface area contributed by atoms with Crippen molar-refractivity contribution in [1.29, 1.82) is 0 Å². The highest BCUT2D eigenvalue weighted by Gasteiger charge is 2.62. The Hall–Kier alpha value is -1.30. The van der Waals surface area contributed by atoms with Crippen LogP contribution in [0.2, 0.25) is 0 Å². The minimum Gasteiger partial charge on any atom is -0.478 e. The SMILES string of the molecule is C[C@H]1CO[C@@](C(=O)O)(C(C)(C)C)N1C(=O)OC(C)(C)C. The average Bonchev–Trinajstić information content (AvgIpc) is 2.53. The maximum atomic E-state index is 12.4. The molecule has 0 aromatic rings. The summed E-state index contributed by atoms with van der Waals surface area (Å²) in [5.41, 5.74) is -3.20. The van der Waals surface area contributed by atoms with Crippen molar-refractivity contribution >= 4 is 12.1 Å². The van der Waals surface area contributed by atoms with Gasteiger partial charge in [0.1, 0.15) is 5.60 Å². The molecule has 0 radical (unpaired) electrons. The van der Waals surface area contributed by atoms with E-state index in [1.54, 1.807) is 48.5 Å². The topological polar surface area (TPSA) is 76.1 Å². The van der Waals surface area contributed by atoms with Gasteiger partial charge in [-0.1, -0.05) is 20.8 Å². The molecular weight excluding hydrogens is 262 g/mol. The van der Waals surface area contributed by atoms with Crippen LogP contribution in [0.15, 0.2) is 0 Å². The van der Waals surface area contributed by atoms with Crippen molar-refractivity contribution in [1.82, 2.24) is 4.90 Å². The van der Waals surface area contributed by atoms with Gasteiger partial charge in [-0.05, 0) is 27.7 Å². The van der Waals surface area contributed by atoms with Crippen LogP contribution in [-0.2, 0) is 14.3 Å². The molecule has 116 valence electrons. The quantitative estimate of drug-likeness (QED) is 0.801. The largest absolute Gasteiger partial charge is 0.478 e. The molecule has 1 amide bonds. The Labute approximate surface area is 120 Å². The number of rotatable bonds is 1. The monoisotopic (exact) mass is 287 g/mol. The normalized spacial score (nSPS) is 27.6. The maximum Gasteiger partial charge on any atom is 0.413 e. The first-order chi connectivity index (χ1) is 8.83. The highest BCUT2D eigenvalue weighted by molar-refractivity contribution is 5.84. The van der Waals surface area contributed by atoms with Gasteiger partial charge in [-0.15, -0.1) is 0 Å². The minimum absolute atomic E-state index is 0.169. The van der Waals surface area contributed by atoms with Gasteiger partial charge in [0.15, 0.2) is 0 Å². The lowest BCUT2D eigenvalue weighted by molar-refractivity contribution is -0.197. The second kappa shape index (κ2) is 4.91. The second-order valence-electron chi connectivity index (χ2n) is 7.21. The Kier molecular flexibility index (Phi) is 4.11. The number of carboxylic acids is 1. The fraction of sp³-hybridized carbons (Fsp3) is 0.857. The highest BCUT2D eigenvalue weighted by atomic mass is 16.6. The predicted molar refractivity (Wildman–Crippen MR) is 73.3 cm³/mol. The lowest BCUT2D eigenvalue weighted by Gasteiger charge is -2.43. The van der Waals surface area contributed by atoms with Gasteiger partial charge in [-0.25, -0.2) is 9.59 Å². The number of carbonyl (C=O) groups is 2. The zero-order valence-electron chi connectivity index (χ0n) is 13.3. The van der Waals surface area contributed by atoms with Crippen molar-refractivity contribution in [3.63, 3.8) is 0 Å². The van der Waals surface area contributed by atoms with E-state index < -0.39 is 28.8 Å². The smallest absolute Gasteiger partial charge is 0.413 e. The lowest BCUT2D eigenvalue weighted by atomic mass is 9.81. The first-order valence-electron chi connectivity index (χ1n) is 6.72. The van der Waals surface area contributed by atoms with E-state index in [0.717, 1.165) is 0 Å². The van der Waals surface area contributed by atoms with Gasteiger partial charge in [0, 0.05) is 5.41 Å². The minimum atomic E-state index is -1.71. The molecule has 0 spiro atoms. The van der Waals surface area contributed by atoms with Crippen LogP contribution >= 0.6 is 0 Å². The van der Waals surface area contributed by atoms with Crippen molar-refractivity contribution in [3.05, 3.63) is 0 Å². The predicted octanol–water partition coefficient (Wildman–Crippen LogP) is 2.47. The summed E-state index contributed by atoms with van der Waals surface area (Å²) < 4.78 is 10.9. The molecule has 1 N–H and O–H groups in total. The van der Waals surface area contributed by atoms with Crippen molar-refractivity contribution < 1.29 is 24.2 Å². The molecule has 0 bridgehead atoms. The van der Waals surface area contributed by atoms with Crippen LogP contribution < -0.4 is 0 Å². The average molecular weight is 287 g/mol. The summed E-state index contributed by atoms with van der Waals surface area (Å²) in [7, 11) is 0. The molecule has 0 unspecified atom stereocenters. The third-order valence-corrected chi connectivity index (χ3v) is 3.21. The van der Waals surface area contributed by atoms with E-state index in [1.807, 2.05) is 0 Å². The molecule has 1 rings (SSSR count). The Morgan fingerprint density at radius 3 is 2.10 bits per heavy atom. The van der Waals surface area contributed by atoms with Crippen LogP contribution in [0, 0.1) is 5.41 Å². The van der Waals surface area contributed by atoms with Crippen molar-refractivity contribution in [2.75, 3.05) is 6.61 Å². The molecule has 1 aliphatic rings. The molecule has 6 nitrogen and oxygen atoms in total. The van der Waals surface area contributed by atoms with E-state index in [0.29, 0.717) is 0 Å². The van der Waals surface area contributed by atoms with E-state index in [1.165, 1.54) is 4.90 Å². The molecule has 1 fully saturated rings. The van der Waals surface area contributed by atoms with Crippen LogP contribution in [0.3, 0.4) is 0 Å². The summed E-state index contributed by atoms with van der Waals surface area (Å²) >= 11 is 0. The summed E-state index contributed by atoms with van der Waals surface area (Å²) in [6.07, 6.45) is -0.667. The van der Waals surface area contributed by atoms with E-state index in [2.05, 4.69) is 0 Å². The van der Waals surface area contributed by atoms with Crippen LogP contribution in [0.25, 0.3) is 0 Å². The fourth-order valence-corrected chi connectivity index (χ4v) is 2.38. The summed E-state index contributed by atoms with van der Waals surface area (Å²) in [6, 6.07) is -0.361. The van der Waals surface area contributed by atoms with Crippen LogP contribution in [-0.4, -0.2) is 46.0 Å². The van der Waals surface area contributed by atoms with Crippen LogP contribution in [0.1, 0.15) is 48.5 Å². The van der Waals surface area contributed by atoms with Gasteiger partial charge in [0.2, 0.25) is 0 Å². The Morgan fingerprint density at radius 2 is 1.75 bits per heavy atom. The molecule has 2 atom stereocenters. The van der Waals surface area contributed by atoms with E-state index in [4.69, 9.17) is 9.47 Å². The number of nitrogens with zero attached hydrogens (tertiary/aromatic N) is 1. The second-order valence-corrected chi connectivity index (χ2v) is 7.21. The van der Waals surface area contributed by atoms with Gasteiger partial charge in [0.25, 0.3) is 5.72 Å². The maximum absolute atomic E-state index is 12.4. The zero-order chi connectivity index (χ0) is 15.9. The Morgan fingerprint density at radius 1 is 1.25 bits per heavy atom. The summed E-state index contributed by atoms with van der Waals surface area (Å²) in [5.74, 6) is -1.18. The molecule has 20 heavy (non-hydrogen) atoms. The molecular formula is C14H25NO5. The summed E-state index contributed by atoms with van der Waals surface area (Å²) in [6.45, 7) is 12.3. The number of hydrogen-bond donors (Lipinski definition) is 1. The number of carbonyl (C=O) groups excluding carboxylic acids is 1. The molecule has 1 saturated heterocycles. The number of ether oxygens (including phenoxy) is 2. The van der Waals surface area contributed by atoms with Crippen LogP contribution in [0.4, 0.5) is 4.79 Å². The van der Waals surface area contributed by atoms with Crippen molar-refractivity contribution in [2.24, 2.45) is 5.41 Å². The number of amides is 1. The third kappa shape index (κ3) is 2.75. The van der Waals surface area contributed by atoms with Gasteiger partial charge in [0.05, 0.1) is 12.6 Å². The molecule has 1 aliphatic heterocycles. The summed E-state index contributed by atoms with van der Waals surface area (Å²) in [4.78, 5) is 25.4. The summed E-state index contributed by atoms with van der Waals surface area (Å²) in [5, 5.41) is 9.66. The standard InChI is InChI=1S/C14H25NO5/c1-9-8-19-14(10(16)17,12(2,3)4)15(9)11(18)20-13(5,6)7/h9H,8H2,1-7H3,(H,16,17)/t9-,14-/m0/s1. The molecule has 0 aromatic carbocycles. The molecule has 0 saturated carbocycles. The van der Waals surface area contributed by atoms with E-state index >= 15 is 0 Å². The fourth-order valence-electron chi connectivity index (χ4n) is 2.38. The molecule has 0 aliphatic carbocycles. The molecule has 0 aromatic heterocycles. The first-order valence-corrected chi connectivity index (χ1v) is 6.72. The molecule has 1 heterocycles. The molecule has 6 heteroatoms. The van der Waals surface area contributed by atoms with Crippen molar-refractivity contribution in [3.8, 4) is 0 Å². The van der Waals surface area contributed by atoms with Gasteiger partial charge in [-0.3, -0.25) is 4.90 Å². The van der Waals surface area contributed by atoms with E-state index in [-0.39, 0.29) is 12.6 Å². The van der Waals surface area contributed by atoms with E-state index in [9.17, 15) is 14.7 Å². The highest BCUT2D eigenvalue weighted by Crippen LogP contribution is 2.43. The Bertz CT molecular complexity index is 407. The lowest BCUT2D eigenvalue weighted by Crippen LogP contribution is -2.63. The number of carboxylic acid groups (broad SMARTS) is 1. The van der Waals surface area contributed by atoms with Gasteiger partial charge < -0.3 is 14.6 Å². The first kappa shape index (κ1) is 16.8. The van der Waals surface area contributed by atoms with Crippen LogP contribution in [0.5, 0.6) is 0 Å². The van der Waals surface area contributed by atoms with Crippen molar-refractivity contribution in [2.45, 2.75) is 65.8 Å². The zero-order valence-corrected chi connectivity index (χ0v) is 13.3. The Balaban J connectivity index is 3.25. The van der Waals surface area contributed by atoms with Gasteiger partial charge >= 0.3 is 12.1 Å². The number of hydrogen-bond acceptors (Lipinski definition) is 4. The number of aliphatic carboxylic acids is 1. The third-order valence-electron chi connectivity index (χ3n) is 3.21. The van der Waals surface area contributed by atoms with Gasteiger partial charge in [-0.2, -0.15) is 0 Å².